The Hall–Kier alpha value is -1.69. The first-order valence-corrected chi connectivity index (χ1v) is 5.05. The molecule has 0 aliphatic rings. The van der Waals surface area contributed by atoms with E-state index in [9.17, 15) is 14.6 Å². The Bertz CT molecular complexity index is 434. The van der Waals surface area contributed by atoms with Crippen molar-refractivity contribution in [1.29, 1.82) is 0 Å². The molecular formula is C10H13FN4O2. The smallest absolute Gasteiger partial charge is 0.141 e. The average Bonchev–Trinajstić information content (AvgIpc) is 2.28. The third-order valence-electron chi connectivity index (χ3n) is 2.32. The summed E-state index contributed by atoms with van der Waals surface area (Å²) >= 11 is 0. The van der Waals surface area contributed by atoms with Crippen LogP contribution in [0.4, 0.5) is 4.39 Å². The van der Waals surface area contributed by atoms with Gasteiger partial charge < -0.3 is 10.2 Å². The number of pyridine rings is 1. The van der Waals surface area contributed by atoms with E-state index in [-0.39, 0.29) is 18.7 Å². The summed E-state index contributed by atoms with van der Waals surface area (Å²) in [6.45, 7) is 1.67. The summed E-state index contributed by atoms with van der Waals surface area (Å²) in [4.78, 5) is 6.27. The molecular weight excluding hydrogens is 227 g/mol. The lowest BCUT2D eigenvalue weighted by atomic mass is 10.0. The first-order chi connectivity index (χ1) is 8.06. The molecule has 1 heterocycles. The molecule has 1 rings (SSSR count). The van der Waals surface area contributed by atoms with Crippen LogP contribution in [0.5, 0.6) is 0 Å². The van der Waals surface area contributed by atoms with Gasteiger partial charge in [-0.25, -0.2) is 4.39 Å². The van der Waals surface area contributed by atoms with Gasteiger partial charge in [-0.15, -0.1) is 0 Å². The van der Waals surface area contributed by atoms with E-state index in [0.29, 0.717) is 5.56 Å². The first-order valence-electron chi connectivity index (χ1n) is 5.05. The molecule has 0 amide bonds. The summed E-state index contributed by atoms with van der Waals surface area (Å²) in [6.07, 6.45) is -1.23. The van der Waals surface area contributed by atoms with Crippen LogP contribution in [0.3, 0.4) is 0 Å². The molecule has 0 saturated heterocycles. The summed E-state index contributed by atoms with van der Waals surface area (Å²) in [5.41, 5.74) is 8.75. The molecule has 92 valence electrons. The van der Waals surface area contributed by atoms with Gasteiger partial charge in [0.25, 0.3) is 0 Å². The van der Waals surface area contributed by atoms with Crippen molar-refractivity contribution in [2.24, 2.45) is 5.11 Å². The molecule has 0 fully saturated rings. The highest BCUT2D eigenvalue weighted by Gasteiger charge is 2.21. The van der Waals surface area contributed by atoms with Crippen LogP contribution in [-0.4, -0.2) is 27.8 Å². The van der Waals surface area contributed by atoms with Gasteiger partial charge in [0, 0.05) is 11.5 Å². The Labute approximate surface area is 97.4 Å². The molecule has 0 bridgehead atoms. The number of hydrogen-bond acceptors (Lipinski definition) is 4. The normalized spacial score (nSPS) is 13.9. The number of hydrogen-bond donors (Lipinski definition) is 2. The van der Waals surface area contributed by atoms with Crippen molar-refractivity contribution < 1.29 is 14.6 Å². The molecule has 1 aromatic heterocycles. The minimum absolute atomic E-state index is 0.0783. The van der Waals surface area contributed by atoms with Gasteiger partial charge in [-0.2, -0.15) is 0 Å². The SMILES string of the molecule is Cc1cc(F)cnc1C(O)C(O)CCN=[N+]=[N-]. The topological polar surface area (TPSA) is 102 Å². The molecule has 0 aliphatic heterocycles. The standard InChI is InChI=1S/C10H13FN4O2/c1-6-4-7(11)5-13-9(6)10(17)8(16)2-3-14-15-12/h4-5,8,10,16-17H,2-3H2,1H3. The van der Waals surface area contributed by atoms with Crippen molar-refractivity contribution in [1.82, 2.24) is 4.98 Å². The Balaban J connectivity index is 2.73. The molecule has 2 N–H and O–H groups in total. The third kappa shape index (κ3) is 3.67. The average molecular weight is 240 g/mol. The minimum atomic E-state index is -1.22. The molecule has 0 aromatic carbocycles. The lowest BCUT2D eigenvalue weighted by Crippen LogP contribution is -2.21. The fourth-order valence-corrected chi connectivity index (χ4v) is 1.44. The summed E-state index contributed by atoms with van der Waals surface area (Å²) in [7, 11) is 0. The van der Waals surface area contributed by atoms with Crippen molar-refractivity contribution in [3.63, 3.8) is 0 Å². The van der Waals surface area contributed by atoms with Crippen LogP contribution >= 0.6 is 0 Å². The van der Waals surface area contributed by atoms with Crippen LogP contribution in [0.15, 0.2) is 17.4 Å². The predicted molar refractivity (Wildman–Crippen MR) is 58.5 cm³/mol. The van der Waals surface area contributed by atoms with E-state index >= 15 is 0 Å². The summed E-state index contributed by atoms with van der Waals surface area (Å²) in [5, 5.41) is 22.7. The highest BCUT2D eigenvalue weighted by Crippen LogP contribution is 2.20. The Morgan fingerprint density at radius 3 is 2.88 bits per heavy atom. The quantitative estimate of drug-likeness (QED) is 0.464. The number of nitrogens with zero attached hydrogens (tertiary/aromatic N) is 4. The zero-order valence-electron chi connectivity index (χ0n) is 9.28. The Morgan fingerprint density at radius 1 is 1.59 bits per heavy atom. The van der Waals surface area contributed by atoms with Crippen molar-refractivity contribution in [3.05, 3.63) is 39.8 Å². The zero-order valence-corrected chi connectivity index (χ0v) is 9.28. The van der Waals surface area contributed by atoms with Crippen LogP contribution in [0.1, 0.15) is 23.8 Å². The summed E-state index contributed by atoms with van der Waals surface area (Å²) in [6, 6.07) is 1.23. The first kappa shape index (κ1) is 13.4. The molecule has 0 saturated carbocycles. The number of aromatic nitrogens is 1. The molecule has 2 unspecified atom stereocenters. The zero-order chi connectivity index (χ0) is 12.8. The van der Waals surface area contributed by atoms with Crippen molar-refractivity contribution in [3.8, 4) is 0 Å². The summed E-state index contributed by atoms with van der Waals surface area (Å²) in [5.74, 6) is -0.498. The molecule has 0 radical (unpaired) electrons. The van der Waals surface area contributed by atoms with Crippen LogP contribution < -0.4 is 0 Å². The van der Waals surface area contributed by atoms with Gasteiger partial charge >= 0.3 is 0 Å². The van der Waals surface area contributed by atoms with E-state index in [1.54, 1.807) is 6.92 Å². The van der Waals surface area contributed by atoms with Crippen molar-refractivity contribution >= 4 is 0 Å². The number of azide groups is 1. The maximum Gasteiger partial charge on any atom is 0.141 e. The van der Waals surface area contributed by atoms with E-state index < -0.39 is 18.0 Å². The molecule has 2 atom stereocenters. The Morgan fingerprint density at radius 2 is 2.29 bits per heavy atom. The number of rotatable bonds is 5. The predicted octanol–water partition coefficient (Wildman–Crippen LogP) is 1.62. The molecule has 1 aromatic rings. The Kier molecular flexibility index (Phi) is 4.84. The molecule has 6 nitrogen and oxygen atoms in total. The van der Waals surface area contributed by atoms with Gasteiger partial charge in [0.15, 0.2) is 0 Å². The fraction of sp³-hybridized carbons (Fsp3) is 0.500. The lowest BCUT2D eigenvalue weighted by molar-refractivity contribution is 0.0120. The van der Waals surface area contributed by atoms with E-state index in [4.69, 9.17) is 5.53 Å². The monoisotopic (exact) mass is 240 g/mol. The molecule has 0 spiro atoms. The maximum atomic E-state index is 12.8. The number of aryl methyl sites for hydroxylation is 1. The second-order valence-corrected chi connectivity index (χ2v) is 3.61. The van der Waals surface area contributed by atoms with Crippen molar-refractivity contribution in [2.45, 2.75) is 25.6 Å². The van der Waals surface area contributed by atoms with Crippen LogP contribution in [0.2, 0.25) is 0 Å². The van der Waals surface area contributed by atoms with Crippen LogP contribution in [0.25, 0.3) is 10.4 Å². The molecule has 17 heavy (non-hydrogen) atoms. The van der Waals surface area contributed by atoms with Gasteiger partial charge in [0.05, 0.1) is 18.0 Å². The fourth-order valence-electron chi connectivity index (χ4n) is 1.44. The van der Waals surface area contributed by atoms with Crippen molar-refractivity contribution in [2.75, 3.05) is 6.54 Å². The van der Waals surface area contributed by atoms with Gasteiger partial charge in [0.1, 0.15) is 11.9 Å². The van der Waals surface area contributed by atoms with Gasteiger partial charge in [-0.3, -0.25) is 4.98 Å². The van der Waals surface area contributed by atoms with Gasteiger partial charge in [-0.05, 0) is 30.5 Å². The maximum absolute atomic E-state index is 12.8. The minimum Gasteiger partial charge on any atom is -0.390 e. The highest BCUT2D eigenvalue weighted by atomic mass is 19.1. The van der Waals surface area contributed by atoms with Gasteiger partial charge in [0.2, 0.25) is 0 Å². The third-order valence-corrected chi connectivity index (χ3v) is 2.32. The second kappa shape index (κ2) is 6.15. The van der Waals surface area contributed by atoms with E-state index in [1.807, 2.05) is 0 Å². The molecule has 0 aliphatic carbocycles. The lowest BCUT2D eigenvalue weighted by Gasteiger charge is -2.18. The van der Waals surface area contributed by atoms with E-state index in [1.165, 1.54) is 6.07 Å². The number of aliphatic hydroxyl groups is 2. The highest BCUT2D eigenvalue weighted by molar-refractivity contribution is 5.21. The van der Waals surface area contributed by atoms with E-state index in [2.05, 4.69) is 15.0 Å². The summed E-state index contributed by atoms with van der Waals surface area (Å²) < 4.78 is 12.8. The van der Waals surface area contributed by atoms with Gasteiger partial charge in [-0.1, -0.05) is 5.11 Å². The van der Waals surface area contributed by atoms with Crippen LogP contribution in [-0.2, 0) is 0 Å². The largest absolute Gasteiger partial charge is 0.390 e. The van der Waals surface area contributed by atoms with E-state index in [0.717, 1.165) is 6.20 Å². The number of halogens is 1. The number of aliphatic hydroxyl groups excluding tert-OH is 2. The van der Waals surface area contributed by atoms with Crippen LogP contribution in [0, 0.1) is 12.7 Å². The molecule has 7 heteroatoms. The second-order valence-electron chi connectivity index (χ2n) is 3.61.